The first-order valence-electron chi connectivity index (χ1n) is 15.8. The molecule has 7 heterocycles. The van der Waals surface area contributed by atoms with Gasteiger partial charge in [-0.25, -0.2) is 0 Å². The summed E-state index contributed by atoms with van der Waals surface area (Å²) in [4.78, 5) is 2.48. The molecule has 2 aromatic heterocycles. The summed E-state index contributed by atoms with van der Waals surface area (Å²) >= 11 is 0. The Morgan fingerprint density at radius 1 is 0.600 bits per heavy atom. The summed E-state index contributed by atoms with van der Waals surface area (Å²) < 4.78 is 18.7. The van der Waals surface area contributed by atoms with Crippen LogP contribution in [0.3, 0.4) is 0 Å². The first-order chi connectivity index (χ1) is 22.0. The molecule has 0 amide bonds. The van der Waals surface area contributed by atoms with Gasteiger partial charge in [0.25, 0.3) is 11.5 Å². The van der Waals surface area contributed by atoms with Gasteiger partial charge in [-0.15, -0.1) is 9.13 Å². The second-order valence-electron chi connectivity index (χ2n) is 13.4. The summed E-state index contributed by atoms with van der Waals surface area (Å²) in [6, 6.07) is 41.7. The zero-order valence-corrected chi connectivity index (χ0v) is 25.2. The molecule has 0 saturated heterocycles. The summed E-state index contributed by atoms with van der Waals surface area (Å²) in [5.74, 6) is 4.80. The Morgan fingerprint density at radius 2 is 1.31 bits per heavy atom. The van der Waals surface area contributed by atoms with Gasteiger partial charge in [0.15, 0.2) is 22.6 Å². The van der Waals surface area contributed by atoms with Crippen molar-refractivity contribution in [1.29, 1.82) is 0 Å². The van der Waals surface area contributed by atoms with Gasteiger partial charge in [-0.1, -0.05) is 81.4 Å². The first-order valence-corrected chi connectivity index (χ1v) is 15.8. The van der Waals surface area contributed by atoms with Gasteiger partial charge in [0, 0.05) is 23.0 Å². The van der Waals surface area contributed by atoms with Crippen LogP contribution in [0.25, 0.3) is 11.4 Å². The monoisotopic (exact) mass is 583 g/mol. The third kappa shape index (κ3) is 2.54. The van der Waals surface area contributed by atoms with Crippen LogP contribution in [0.1, 0.15) is 60.1 Å². The van der Waals surface area contributed by atoms with Crippen LogP contribution in [0.2, 0.25) is 0 Å². The number of pyridine rings is 2. The molecule has 6 aromatic rings. The van der Waals surface area contributed by atoms with E-state index in [0.29, 0.717) is 0 Å². The number of benzene rings is 4. The summed E-state index contributed by atoms with van der Waals surface area (Å²) in [6.07, 6.45) is 0. The van der Waals surface area contributed by atoms with Crippen LogP contribution in [0.15, 0.2) is 115 Å². The molecule has 5 aliphatic heterocycles. The lowest BCUT2D eigenvalue weighted by Gasteiger charge is -2.44. The van der Waals surface area contributed by atoms with Gasteiger partial charge in [-0.05, 0) is 53.6 Å². The molecular formula is C40H29N3O2+2. The van der Waals surface area contributed by atoms with Crippen LogP contribution in [-0.2, 0) is 11.1 Å². The molecule has 1 spiro atoms. The Kier molecular flexibility index (Phi) is 4.06. The highest BCUT2D eigenvalue weighted by Crippen LogP contribution is 2.63. The van der Waals surface area contributed by atoms with Gasteiger partial charge in [-0.2, -0.15) is 4.90 Å². The molecular weight excluding hydrogens is 554 g/mol. The molecule has 4 aromatic carbocycles. The number of para-hydroxylation sites is 1. The Balaban J connectivity index is 1.34. The first kappa shape index (κ1) is 24.0. The topological polar surface area (TPSA) is 29.5 Å². The number of fused-ring (bicyclic) bond motifs is 4. The van der Waals surface area contributed by atoms with Crippen molar-refractivity contribution in [3.8, 4) is 34.5 Å². The third-order valence-electron chi connectivity index (χ3n) is 10.9. The van der Waals surface area contributed by atoms with E-state index in [1.54, 1.807) is 0 Å². The second-order valence-corrected chi connectivity index (χ2v) is 13.4. The fourth-order valence-electron chi connectivity index (χ4n) is 8.92. The highest BCUT2D eigenvalue weighted by atomic mass is 16.5. The predicted molar refractivity (Wildman–Crippen MR) is 171 cm³/mol. The Hall–Kier alpha value is -5.42. The highest BCUT2D eigenvalue weighted by Gasteiger charge is 2.73. The average molecular weight is 584 g/mol. The van der Waals surface area contributed by atoms with Crippen LogP contribution >= 0.6 is 0 Å². The van der Waals surface area contributed by atoms with E-state index in [-0.39, 0.29) is 11.3 Å². The molecule has 0 saturated carbocycles. The summed E-state index contributed by atoms with van der Waals surface area (Å²) in [5.41, 5.74) is 11.1. The normalized spacial score (nSPS) is 19.5. The third-order valence-corrected chi connectivity index (χ3v) is 10.9. The Bertz CT molecular complexity index is 2340. The molecule has 5 aliphatic rings. The summed E-state index contributed by atoms with van der Waals surface area (Å²) in [5, 5.41) is 0. The standard InChI is InChI=1S/C40H29N3O2/c1-23(24-11-5-4-6-12-24)25-21-31-29-20-19-27-38-41(28-14-8-7-13-26(28)39(27,2)3)30-15-9-16-32-36(30)40(43(29)38)37-33(44-32)17-10-18-34(37)45-35(22-25)42(31)40/h4-23H,1-3H3/q+2. The van der Waals surface area contributed by atoms with E-state index in [2.05, 4.69) is 144 Å². The zero-order chi connectivity index (χ0) is 29.8. The second kappa shape index (κ2) is 7.62. The molecule has 11 rings (SSSR count). The number of hydrogen-bond donors (Lipinski definition) is 0. The molecule has 45 heavy (non-hydrogen) atoms. The summed E-state index contributed by atoms with van der Waals surface area (Å²) in [7, 11) is 0. The van der Waals surface area contributed by atoms with E-state index < -0.39 is 5.66 Å². The molecule has 2 unspecified atom stereocenters. The average Bonchev–Trinajstić information content (AvgIpc) is 3.37. The number of ether oxygens (including phenoxy) is 2. The lowest BCUT2D eigenvalue weighted by molar-refractivity contribution is -0.937. The molecule has 5 nitrogen and oxygen atoms in total. The maximum absolute atomic E-state index is 6.89. The van der Waals surface area contributed by atoms with Crippen LogP contribution in [0.5, 0.6) is 23.1 Å². The number of hydrogen-bond acceptors (Lipinski definition) is 3. The minimum absolute atomic E-state index is 0.192. The van der Waals surface area contributed by atoms with Crippen molar-refractivity contribution < 1.29 is 18.6 Å². The smallest absolute Gasteiger partial charge is 0.381 e. The van der Waals surface area contributed by atoms with Crippen LogP contribution in [0, 0.1) is 0 Å². The van der Waals surface area contributed by atoms with Gasteiger partial charge >= 0.3 is 11.5 Å². The Labute approximate surface area is 261 Å². The molecule has 2 atom stereocenters. The van der Waals surface area contributed by atoms with Crippen molar-refractivity contribution in [3.05, 3.63) is 149 Å². The maximum atomic E-state index is 6.89. The number of nitrogens with zero attached hydrogens (tertiary/aromatic N) is 3. The highest BCUT2D eigenvalue weighted by molar-refractivity contribution is 5.88. The van der Waals surface area contributed by atoms with Crippen molar-refractivity contribution in [3.63, 3.8) is 0 Å². The lowest BCUT2D eigenvalue weighted by atomic mass is 9.72. The maximum Gasteiger partial charge on any atom is 0.381 e. The van der Waals surface area contributed by atoms with Crippen LogP contribution in [0.4, 0.5) is 17.2 Å². The van der Waals surface area contributed by atoms with Crippen molar-refractivity contribution in [2.75, 3.05) is 4.90 Å². The van der Waals surface area contributed by atoms with Crippen molar-refractivity contribution >= 4 is 17.2 Å². The van der Waals surface area contributed by atoms with E-state index in [0.717, 1.165) is 45.6 Å². The summed E-state index contributed by atoms with van der Waals surface area (Å²) in [6.45, 7) is 7.01. The van der Waals surface area contributed by atoms with E-state index >= 15 is 0 Å². The van der Waals surface area contributed by atoms with E-state index in [9.17, 15) is 0 Å². The van der Waals surface area contributed by atoms with E-state index in [1.165, 1.54) is 39.5 Å². The minimum Gasteiger partial charge on any atom is -0.455 e. The molecule has 0 aliphatic carbocycles. The van der Waals surface area contributed by atoms with Gasteiger partial charge in [0.05, 0.1) is 11.6 Å². The van der Waals surface area contributed by atoms with E-state index in [1.807, 2.05) is 6.07 Å². The molecule has 0 bridgehead atoms. The fourth-order valence-corrected chi connectivity index (χ4v) is 8.92. The van der Waals surface area contributed by atoms with Gasteiger partial charge in [0.2, 0.25) is 5.69 Å². The lowest BCUT2D eigenvalue weighted by Crippen LogP contribution is -2.75. The quantitative estimate of drug-likeness (QED) is 0.192. The SMILES string of the molecule is CC(c1ccccc1)c1cc2[n+]3c(c1)-c1ccc4c5[n+]1C31c3c(cccc3O2)Oc2cccc(c21)N5c1ccccc1C4(C)C. The largest absolute Gasteiger partial charge is 0.455 e. The molecule has 214 valence electrons. The number of aromatic nitrogens is 2. The fraction of sp³-hybridized carbons (Fsp3) is 0.150. The minimum atomic E-state index is -0.701. The van der Waals surface area contributed by atoms with Crippen LogP contribution < -0.4 is 23.5 Å². The molecule has 5 heteroatoms. The van der Waals surface area contributed by atoms with Gasteiger partial charge in [0.1, 0.15) is 17.2 Å². The number of rotatable bonds is 2. The van der Waals surface area contributed by atoms with Crippen molar-refractivity contribution in [2.45, 2.75) is 37.8 Å². The zero-order valence-electron chi connectivity index (χ0n) is 25.2. The van der Waals surface area contributed by atoms with Crippen LogP contribution in [-0.4, -0.2) is 0 Å². The predicted octanol–water partition coefficient (Wildman–Crippen LogP) is 8.33. The Morgan fingerprint density at radius 3 is 2.16 bits per heavy atom. The molecule has 0 fully saturated rings. The van der Waals surface area contributed by atoms with Gasteiger partial charge in [-0.3, -0.25) is 0 Å². The van der Waals surface area contributed by atoms with Crippen molar-refractivity contribution in [2.24, 2.45) is 0 Å². The molecule has 0 radical (unpaired) electrons. The van der Waals surface area contributed by atoms with Crippen molar-refractivity contribution in [1.82, 2.24) is 0 Å². The van der Waals surface area contributed by atoms with Gasteiger partial charge < -0.3 is 9.47 Å². The number of anilines is 3. The molecule has 0 N–H and O–H groups in total. The van der Waals surface area contributed by atoms with E-state index in [4.69, 9.17) is 9.47 Å².